The number of hydrogen-bond donors (Lipinski definition) is 1. The Labute approximate surface area is 134 Å². The Bertz CT molecular complexity index is 933. The number of fused-ring (bicyclic) bond motifs is 2. The van der Waals surface area contributed by atoms with Crippen molar-refractivity contribution in [3.63, 3.8) is 0 Å². The van der Waals surface area contributed by atoms with Gasteiger partial charge in [-0.3, -0.25) is 15.1 Å². The number of aromatic nitrogens is 4. The van der Waals surface area contributed by atoms with Crippen LogP contribution in [0.25, 0.3) is 11.0 Å². The summed E-state index contributed by atoms with van der Waals surface area (Å²) in [6.07, 6.45) is 3.70. The summed E-state index contributed by atoms with van der Waals surface area (Å²) < 4.78 is 0. The van der Waals surface area contributed by atoms with Gasteiger partial charge in [-0.1, -0.05) is 26.0 Å². The highest BCUT2D eigenvalue weighted by Crippen LogP contribution is 2.42. The molecular weight excluding hydrogens is 286 g/mol. The third kappa shape index (κ3) is 1.92. The summed E-state index contributed by atoms with van der Waals surface area (Å²) in [7, 11) is 0. The highest BCUT2D eigenvalue weighted by Gasteiger charge is 2.46. The molecule has 0 fully saturated rings. The zero-order chi connectivity index (χ0) is 16.2. The number of aliphatic imine (C=N–C) groups is 1. The van der Waals surface area contributed by atoms with Crippen LogP contribution < -0.4 is 0 Å². The molecule has 0 atom stereocenters. The quantitative estimate of drug-likeness (QED) is 0.750. The second kappa shape index (κ2) is 4.47. The standard InChI is InChI=1S/C18H19N5/c1-17(2)16-11(9-20-23-16)15(22-18(17,3)4)14-10-19-12-7-5-6-8-13(12)21-14/h5-10H,1-4H3,(H,20,23). The molecular formula is C18H19N5. The van der Waals surface area contributed by atoms with E-state index < -0.39 is 0 Å². The lowest BCUT2D eigenvalue weighted by atomic mass is 9.69. The van der Waals surface area contributed by atoms with E-state index in [-0.39, 0.29) is 11.0 Å². The van der Waals surface area contributed by atoms with Gasteiger partial charge in [-0.05, 0) is 26.0 Å². The number of benzene rings is 1. The number of H-pyrrole nitrogens is 1. The van der Waals surface area contributed by atoms with Crippen molar-refractivity contribution in [1.29, 1.82) is 0 Å². The van der Waals surface area contributed by atoms with Gasteiger partial charge in [0, 0.05) is 17.2 Å². The Balaban J connectivity index is 1.95. The van der Waals surface area contributed by atoms with Crippen molar-refractivity contribution in [3.8, 4) is 0 Å². The fraction of sp³-hybridized carbons (Fsp3) is 0.333. The van der Waals surface area contributed by atoms with Crippen molar-refractivity contribution in [1.82, 2.24) is 20.2 Å². The number of para-hydroxylation sites is 2. The molecule has 0 radical (unpaired) electrons. The smallest absolute Gasteiger partial charge is 0.108 e. The predicted molar refractivity (Wildman–Crippen MR) is 90.9 cm³/mol. The fourth-order valence-electron chi connectivity index (χ4n) is 2.98. The molecule has 0 amide bonds. The lowest BCUT2D eigenvalue weighted by Gasteiger charge is -2.41. The first-order chi connectivity index (χ1) is 10.9. The molecule has 0 bridgehead atoms. The lowest BCUT2D eigenvalue weighted by molar-refractivity contribution is 0.296. The molecule has 0 spiro atoms. The van der Waals surface area contributed by atoms with E-state index in [1.165, 1.54) is 0 Å². The van der Waals surface area contributed by atoms with E-state index >= 15 is 0 Å². The molecule has 116 valence electrons. The van der Waals surface area contributed by atoms with Gasteiger partial charge in [0.25, 0.3) is 0 Å². The molecule has 23 heavy (non-hydrogen) atoms. The SMILES string of the molecule is CC1(C)N=C(c2cnc3ccccc3n2)c2c[nH]nc2C1(C)C. The molecule has 4 rings (SSSR count). The first-order valence-corrected chi connectivity index (χ1v) is 7.77. The predicted octanol–water partition coefficient (Wildman–Crippen LogP) is 3.26. The van der Waals surface area contributed by atoms with Gasteiger partial charge >= 0.3 is 0 Å². The number of hydrogen-bond acceptors (Lipinski definition) is 4. The third-order valence-electron chi connectivity index (χ3n) is 5.10. The molecule has 2 aromatic heterocycles. The summed E-state index contributed by atoms with van der Waals surface area (Å²) in [6, 6.07) is 7.88. The van der Waals surface area contributed by atoms with Gasteiger partial charge in [-0.25, -0.2) is 4.98 Å². The van der Waals surface area contributed by atoms with Crippen LogP contribution in [0.1, 0.15) is 44.6 Å². The second-order valence-corrected chi connectivity index (χ2v) is 7.04. The number of aromatic amines is 1. The molecule has 1 N–H and O–H groups in total. The Morgan fingerprint density at radius 2 is 1.74 bits per heavy atom. The summed E-state index contributed by atoms with van der Waals surface area (Å²) >= 11 is 0. The van der Waals surface area contributed by atoms with Gasteiger partial charge < -0.3 is 0 Å². The van der Waals surface area contributed by atoms with Crippen molar-refractivity contribution in [3.05, 3.63) is 53.6 Å². The molecule has 0 saturated heterocycles. The summed E-state index contributed by atoms with van der Waals surface area (Å²) in [5.74, 6) is 0. The van der Waals surface area contributed by atoms with Crippen molar-refractivity contribution in [2.45, 2.75) is 38.6 Å². The van der Waals surface area contributed by atoms with Crippen LogP contribution in [0.2, 0.25) is 0 Å². The van der Waals surface area contributed by atoms with Gasteiger partial charge in [0.1, 0.15) is 5.69 Å². The molecule has 0 aliphatic carbocycles. The largest absolute Gasteiger partial charge is 0.285 e. The van der Waals surface area contributed by atoms with Gasteiger partial charge in [-0.15, -0.1) is 0 Å². The van der Waals surface area contributed by atoms with E-state index in [2.05, 4.69) is 42.9 Å². The van der Waals surface area contributed by atoms with Gasteiger partial charge in [0.15, 0.2) is 0 Å². The summed E-state index contributed by atoms with van der Waals surface area (Å²) in [5.41, 5.74) is 5.01. The monoisotopic (exact) mass is 305 g/mol. The van der Waals surface area contributed by atoms with Crippen LogP contribution in [0.15, 0.2) is 41.7 Å². The van der Waals surface area contributed by atoms with Gasteiger partial charge in [-0.2, -0.15) is 5.10 Å². The molecule has 5 heteroatoms. The highest BCUT2D eigenvalue weighted by atomic mass is 15.1. The summed E-state index contributed by atoms with van der Waals surface area (Å²) in [4.78, 5) is 14.3. The van der Waals surface area contributed by atoms with Crippen LogP contribution in [0.3, 0.4) is 0 Å². The normalized spacial score (nSPS) is 18.5. The topological polar surface area (TPSA) is 66.8 Å². The molecule has 3 heterocycles. The van der Waals surface area contributed by atoms with Crippen LogP contribution in [-0.2, 0) is 5.41 Å². The molecule has 1 aromatic carbocycles. The van der Waals surface area contributed by atoms with Crippen LogP contribution in [0.4, 0.5) is 0 Å². The lowest BCUT2D eigenvalue weighted by Crippen LogP contribution is -2.46. The minimum Gasteiger partial charge on any atom is -0.285 e. The van der Waals surface area contributed by atoms with E-state index in [1.807, 2.05) is 30.5 Å². The Morgan fingerprint density at radius 1 is 1.00 bits per heavy atom. The van der Waals surface area contributed by atoms with E-state index in [0.29, 0.717) is 0 Å². The van der Waals surface area contributed by atoms with Crippen molar-refractivity contribution in [2.24, 2.45) is 4.99 Å². The van der Waals surface area contributed by atoms with Crippen LogP contribution in [0.5, 0.6) is 0 Å². The maximum Gasteiger partial charge on any atom is 0.108 e. The van der Waals surface area contributed by atoms with E-state index in [1.54, 1.807) is 6.20 Å². The van der Waals surface area contributed by atoms with E-state index in [9.17, 15) is 0 Å². The summed E-state index contributed by atoms with van der Waals surface area (Å²) in [6.45, 7) is 8.64. The first-order valence-electron chi connectivity index (χ1n) is 7.77. The van der Waals surface area contributed by atoms with Crippen LogP contribution in [-0.4, -0.2) is 31.4 Å². The van der Waals surface area contributed by atoms with E-state index in [0.717, 1.165) is 33.7 Å². The average Bonchev–Trinajstić information content (AvgIpc) is 3.01. The van der Waals surface area contributed by atoms with Crippen molar-refractivity contribution in [2.75, 3.05) is 0 Å². The molecule has 0 unspecified atom stereocenters. The molecule has 5 nitrogen and oxygen atoms in total. The highest BCUT2D eigenvalue weighted by molar-refractivity contribution is 6.13. The molecule has 3 aromatic rings. The minimum absolute atomic E-state index is 0.157. The molecule has 1 aliphatic rings. The van der Waals surface area contributed by atoms with Crippen molar-refractivity contribution >= 4 is 16.7 Å². The van der Waals surface area contributed by atoms with Gasteiger partial charge in [0.05, 0.1) is 34.2 Å². The first kappa shape index (κ1) is 14.1. The zero-order valence-corrected chi connectivity index (χ0v) is 13.8. The number of nitrogens with one attached hydrogen (secondary N) is 1. The Morgan fingerprint density at radius 3 is 2.52 bits per heavy atom. The minimum atomic E-state index is -0.280. The molecule has 0 saturated carbocycles. The average molecular weight is 305 g/mol. The second-order valence-electron chi connectivity index (χ2n) is 7.04. The Hall–Kier alpha value is -2.56. The fourth-order valence-corrected chi connectivity index (χ4v) is 2.98. The van der Waals surface area contributed by atoms with E-state index in [4.69, 9.17) is 9.98 Å². The molecule has 1 aliphatic heterocycles. The summed E-state index contributed by atoms with van der Waals surface area (Å²) in [5, 5.41) is 7.48. The third-order valence-corrected chi connectivity index (χ3v) is 5.10. The maximum atomic E-state index is 5.01. The Kier molecular flexibility index (Phi) is 2.73. The zero-order valence-electron chi connectivity index (χ0n) is 13.8. The van der Waals surface area contributed by atoms with Crippen LogP contribution >= 0.6 is 0 Å². The maximum absolute atomic E-state index is 5.01. The number of rotatable bonds is 1. The number of nitrogens with zero attached hydrogens (tertiary/aromatic N) is 4. The van der Waals surface area contributed by atoms with Crippen molar-refractivity contribution < 1.29 is 0 Å². The van der Waals surface area contributed by atoms with Crippen LogP contribution in [0, 0.1) is 0 Å². The van der Waals surface area contributed by atoms with Gasteiger partial charge in [0.2, 0.25) is 0 Å².